The van der Waals surface area contributed by atoms with Crippen LogP contribution in [0, 0.1) is 6.92 Å². The molecule has 0 bridgehead atoms. The Hall–Kier alpha value is -2.35. The molecule has 1 amide bonds. The highest BCUT2D eigenvalue weighted by Crippen LogP contribution is 2.19. The number of amides is 1. The monoisotopic (exact) mass is 331 g/mol. The van der Waals surface area contributed by atoms with E-state index in [0.717, 1.165) is 16.2 Å². The molecule has 0 radical (unpaired) electrons. The van der Waals surface area contributed by atoms with Crippen LogP contribution in [0.5, 0.6) is 0 Å². The van der Waals surface area contributed by atoms with E-state index in [4.69, 9.17) is 4.52 Å². The van der Waals surface area contributed by atoms with Crippen molar-refractivity contribution in [2.24, 2.45) is 0 Å². The highest BCUT2D eigenvalue weighted by molar-refractivity contribution is 7.99. The predicted octanol–water partition coefficient (Wildman–Crippen LogP) is 2.61. The molecule has 0 unspecified atom stereocenters. The van der Waals surface area contributed by atoms with Gasteiger partial charge in [0.2, 0.25) is 11.8 Å². The number of imidazole rings is 1. The first-order valence-corrected chi connectivity index (χ1v) is 8.31. The number of aromatic amines is 1. The van der Waals surface area contributed by atoms with E-state index in [1.54, 1.807) is 6.92 Å². The van der Waals surface area contributed by atoms with Gasteiger partial charge in [-0.05, 0) is 18.6 Å². The number of hydrogen-bond donors (Lipinski definition) is 2. The molecule has 0 aliphatic carbocycles. The minimum atomic E-state index is -0.240. The summed E-state index contributed by atoms with van der Waals surface area (Å²) in [5, 5.41) is 7.50. The van der Waals surface area contributed by atoms with Crippen molar-refractivity contribution in [3.05, 3.63) is 36.0 Å². The van der Waals surface area contributed by atoms with Gasteiger partial charge in [-0.1, -0.05) is 36.0 Å². The molecular formula is C15H17N5O2S. The lowest BCUT2D eigenvalue weighted by Gasteiger charge is -2.12. The van der Waals surface area contributed by atoms with E-state index in [-0.39, 0.29) is 17.7 Å². The molecule has 0 spiro atoms. The zero-order valence-electron chi connectivity index (χ0n) is 12.9. The summed E-state index contributed by atoms with van der Waals surface area (Å²) in [4.78, 5) is 23.9. The molecule has 0 aliphatic rings. The second-order valence-corrected chi connectivity index (χ2v) is 6.01. The number of carbonyl (C=O) groups excluding carboxylic acids is 1. The van der Waals surface area contributed by atoms with Crippen molar-refractivity contribution in [2.45, 2.75) is 31.5 Å². The van der Waals surface area contributed by atoms with Crippen LogP contribution in [-0.2, 0) is 4.79 Å². The van der Waals surface area contributed by atoms with Gasteiger partial charge >= 0.3 is 0 Å². The molecule has 0 aliphatic heterocycles. The van der Waals surface area contributed by atoms with Crippen LogP contribution in [0.15, 0.2) is 33.9 Å². The lowest BCUT2D eigenvalue weighted by molar-refractivity contribution is -0.119. The summed E-state index contributed by atoms with van der Waals surface area (Å²) in [5.41, 5.74) is 1.85. The highest BCUT2D eigenvalue weighted by atomic mass is 32.2. The summed E-state index contributed by atoms with van der Waals surface area (Å²) in [5.74, 6) is 1.17. The second kappa shape index (κ2) is 6.82. The third kappa shape index (κ3) is 3.70. The number of aromatic nitrogens is 4. The van der Waals surface area contributed by atoms with Crippen molar-refractivity contribution in [1.29, 1.82) is 0 Å². The zero-order chi connectivity index (χ0) is 16.2. The number of para-hydroxylation sites is 2. The van der Waals surface area contributed by atoms with Gasteiger partial charge in [-0.3, -0.25) is 4.79 Å². The summed E-state index contributed by atoms with van der Waals surface area (Å²) in [6, 6.07) is 7.53. The lowest BCUT2D eigenvalue weighted by atomic mass is 10.2. The number of H-pyrrole nitrogens is 1. The number of aryl methyl sites for hydroxylation is 1. The fourth-order valence-electron chi connectivity index (χ4n) is 2.17. The second-order valence-electron chi connectivity index (χ2n) is 5.05. The van der Waals surface area contributed by atoms with E-state index < -0.39 is 0 Å². The van der Waals surface area contributed by atoms with Crippen molar-refractivity contribution in [2.75, 3.05) is 5.75 Å². The van der Waals surface area contributed by atoms with Crippen LogP contribution in [0.2, 0.25) is 0 Å². The Labute approximate surface area is 137 Å². The summed E-state index contributed by atoms with van der Waals surface area (Å²) in [6.45, 7) is 3.69. The van der Waals surface area contributed by atoms with Crippen molar-refractivity contribution < 1.29 is 9.32 Å². The molecule has 2 aromatic heterocycles. The van der Waals surface area contributed by atoms with E-state index in [0.29, 0.717) is 18.1 Å². The number of nitrogens with zero attached hydrogens (tertiary/aromatic N) is 3. The Morgan fingerprint density at radius 1 is 1.39 bits per heavy atom. The van der Waals surface area contributed by atoms with Crippen LogP contribution in [0.4, 0.5) is 0 Å². The standard InChI is InChI=1S/C15H17N5O2S/c1-3-10(14-16-9(2)22-20-14)17-13(21)8-23-15-18-11-6-4-5-7-12(11)19-15/h4-7,10H,3,8H2,1-2H3,(H,17,21)(H,18,19)/t10-/m0/s1. The van der Waals surface area contributed by atoms with Crippen LogP contribution in [0.3, 0.4) is 0 Å². The maximum absolute atomic E-state index is 12.1. The van der Waals surface area contributed by atoms with Crippen LogP contribution in [-0.4, -0.2) is 31.8 Å². The molecular weight excluding hydrogens is 314 g/mol. The van der Waals surface area contributed by atoms with Crippen molar-refractivity contribution in [1.82, 2.24) is 25.4 Å². The molecule has 2 heterocycles. The van der Waals surface area contributed by atoms with E-state index >= 15 is 0 Å². The average molecular weight is 331 g/mol. The number of carbonyl (C=O) groups is 1. The molecule has 8 heteroatoms. The van der Waals surface area contributed by atoms with Crippen molar-refractivity contribution in [3.63, 3.8) is 0 Å². The van der Waals surface area contributed by atoms with E-state index in [9.17, 15) is 4.79 Å². The number of nitrogens with one attached hydrogen (secondary N) is 2. The van der Waals surface area contributed by atoms with Crippen molar-refractivity contribution in [3.8, 4) is 0 Å². The maximum Gasteiger partial charge on any atom is 0.231 e. The van der Waals surface area contributed by atoms with E-state index in [2.05, 4.69) is 25.4 Å². The van der Waals surface area contributed by atoms with Gasteiger partial charge < -0.3 is 14.8 Å². The SMILES string of the molecule is CC[C@H](NC(=O)CSc1nc2ccccc2[nH]1)c1noc(C)n1. The van der Waals surface area contributed by atoms with Crippen LogP contribution < -0.4 is 5.32 Å². The summed E-state index contributed by atoms with van der Waals surface area (Å²) < 4.78 is 4.96. The van der Waals surface area contributed by atoms with Gasteiger partial charge in [-0.2, -0.15) is 4.98 Å². The predicted molar refractivity (Wildman–Crippen MR) is 87.0 cm³/mol. The summed E-state index contributed by atoms with van der Waals surface area (Å²) in [6.07, 6.45) is 0.694. The number of rotatable bonds is 6. The molecule has 1 aromatic carbocycles. The highest BCUT2D eigenvalue weighted by Gasteiger charge is 2.18. The third-order valence-corrected chi connectivity index (χ3v) is 4.18. The number of benzene rings is 1. The van der Waals surface area contributed by atoms with Gasteiger partial charge in [0.15, 0.2) is 11.0 Å². The van der Waals surface area contributed by atoms with E-state index in [1.807, 2.05) is 31.2 Å². The molecule has 3 rings (SSSR count). The average Bonchev–Trinajstić information content (AvgIpc) is 3.16. The molecule has 0 saturated heterocycles. The Kier molecular flexibility index (Phi) is 4.61. The maximum atomic E-state index is 12.1. The number of thioether (sulfide) groups is 1. The molecule has 1 atom stereocenters. The lowest BCUT2D eigenvalue weighted by Crippen LogP contribution is -2.30. The summed E-state index contributed by atoms with van der Waals surface area (Å²) in [7, 11) is 0. The number of fused-ring (bicyclic) bond motifs is 1. The molecule has 2 N–H and O–H groups in total. The summed E-state index contributed by atoms with van der Waals surface area (Å²) >= 11 is 1.36. The van der Waals surface area contributed by atoms with Crippen LogP contribution in [0.1, 0.15) is 31.1 Å². The van der Waals surface area contributed by atoms with E-state index in [1.165, 1.54) is 11.8 Å². The first-order valence-electron chi connectivity index (χ1n) is 7.33. The minimum absolute atomic E-state index is 0.0928. The molecule has 120 valence electrons. The van der Waals surface area contributed by atoms with Gasteiger partial charge in [0.25, 0.3) is 0 Å². The molecule has 3 aromatic rings. The first kappa shape index (κ1) is 15.5. The van der Waals surface area contributed by atoms with Gasteiger partial charge in [-0.25, -0.2) is 4.98 Å². The van der Waals surface area contributed by atoms with Crippen molar-refractivity contribution >= 4 is 28.7 Å². The Balaban J connectivity index is 1.58. The van der Waals surface area contributed by atoms with Gasteiger partial charge in [0.1, 0.15) is 0 Å². The van der Waals surface area contributed by atoms with Crippen LogP contribution >= 0.6 is 11.8 Å². The van der Waals surface area contributed by atoms with Gasteiger partial charge in [-0.15, -0.1) is 0 Å². The quantitative estimate of drug-likeness (QED) is 0.674. The topological polar surface area (TPSA) is 96.7 Å². The first-order chi connectivity index (χ1) is 11.2. The molecule has 23 heavy (non-hydrogen) atoms. The van der Waals surface area contributed by atoms with Crippen LogP contribution in [0.25, 0.3) is 11.0 Å². The minimum Gasteiger partial charge on any atom is -0.345 e. The Morgan fingerprint density at radius 2 is 2.22 bits per heavy atom. The fourth-order valence-corrected chi connectivity index (χ4v) is 2.87. The molecule has 0 saturated carbocycles. The smallest absolute Gasteiger partial charge is 0.231 e. The third-order valence-electron chi connectivity index (χ3n) is 3.31. The Morgan fingerprint density at radius 3 is 2.91 bits per heavy atom. The normalized spacial score (nSPS) is 12.4. The largest absolute Gasteiger partial charge is 0.345 e. The number of hydrogen-bond acceptors (Lipinski definition) is 6. The van der Waals surface area contributed by atoms with Gasteiger partial charge in [0, 0.05) is 6.92 Å². The zero-order valence-corrected chi connectivity index (χ0v) is 13.7. The Bertz CT molecular complexity index is 780. The van der Waals surface area contributed by atoms with Gasteiger partial charge in [0.05, 0.1) is 22.8 Å². The molecule has 0 fully saturated rings. The molecule has 7 nitrogen and oxygen atoms in total. The fraction of sp³-hybridized carbons (Fsp3) is 0.333.